The second kappa shape index (κ2) is 65.8. The highest BCUT2D eigenvalue weighted by atomic mass is 16.6. The molecule has 0 rings (SSSR count). The van der Waals surface area contributed by atoms with Gasteiger partial charge in [0.1, 0.15) is 13.2 Å². The summed E-state index contributed by atoms with van der Waals surface area (Å²) in [5.74, 6) is -1.03. The lowest BCUT2D eigenvalue weighted by atomic mass is 10.1. The molecule has 0 saturated carbocycles. The highest BCUT2D eigenvalue weighted by Crippen LogP contribution is 2.12. The van der Waals surface area contributed by atoms with Crippen LogP contribution in [0.4, 0.5) is 0 Å². The van der Waals surface area contributed by atoms with E-state index in [2.05, 4.69) is 215 Å². The minimum atomic E-state index is -0.835. The summed E-state index contributed by atoms with van der Waals surface area (Å²) >= 11 is 0. The maximum atomic E-state index is 12.9. The molecule has 0 aromatic carbocycles. The van der Waals surface area contributed by atoms with E-state index < -0.39 is 6.10 Å². The van der Waals surface area contributed by atoms with Gasteiger partial charge in [0.05, 0.1) is 0 Å². The molecular formula is C74H112O6. The third-order valence-corrected chi connectivity index (χ3v) is 12.3. The van der Waals surface area contributed by atoms with Gasteiger partial charge in [0.15, 0.2) is 6.10 Å². The van der Waals surface area contributed by atoms with E-state index in [1.54, 1.807) is 0 Å². The predicted octanol–water partition coefficient (Wildman–Crippen LogP) is 21.8. The van der Waals surface area contributed by atoms with Crippen LogP contribution in [0.25, 0.3) is 0 Å². The van der Waals surface area contributed by atoms with Crippen LogP contribution in [0.1, 0.15) is 233 Å². The SMILES string of the molecule is CC/C=C\C/C=C\C/C=C\C/C=C\C/C=C\C/C=C\C/C=C\C/C=C\CCCCCCC(=O)OCC(COC(=O)CCCCCCC/C=C\CCC)OC(=O)CCC/C=C\C/C=C\C/C=C\C/C=C\C/C=C\C/C=C\C/C=C\CC. The van der Waals surface area contributed by atoms with Crippen LogP contribution >= 0.6 is 0 Å². The van der Waals surface area contributed by atoms with Gasteiger partial charge in [-0.3, -0.25) is 14.4 Å². The van der Waals surface area contributed by atoms with Crippen molar-refractivity contribution in [2.75, 3.05) is 13.2 Å². The van der Waals surface area contributed by atoms with E-state index in [1.807, 2.05) is 0 Å². The molecule has 0 amide bonds. The van der Waals surface area contributed by atoms with Gasteiger partial charge in [0.25, 0.3) is 0 Å². The fraction of sp³-hybridized carbons (Fsp3) is 0.527. The Bertz CT molecular complexity index is 1930. The smallest absolute Gasteiger partial charge is 0.306 e. The Morgan fingerprint density at radius 3 is 0.812 bits per heavy atom. The molecule has 0 aliphatic heterocycles. The zero-order valence-electron chi connectivity index (χ0n) is 50.8. The monoisotopic (exact) mass is 1100 g/mol. The van der Waals surface area contributed by atoms with Crippen molar-refractivity contribution in [3.8, 4) is 0 Å². The molecule has 6 nitrogen and oxygen atoms in total. The Morgan fingerprint density at radius 1 is 0.263 bits per heavy atom. The maximum absolute atomic E-state index is 12.9. The molecule has 6 heteroatoms. The number of carbonyl (C=O) groups is 3. The number of allylic oxidation sites excluding steroid dienone is 32. The molecule has 1 atom stereocenters. The van der Waals surface area contributed by atoms with E-state index >= 15 is 0 Å². The summed E-state index contributed by atoms with van der Waals surface area (Å²) in [4.78, 5) is 38.2. The van der Waals surface area contributed by atoms with Gasteiger partial charge in [-0.25, -0.2) is 0 Å². The summed E-state index contributed by atoms with van der Waals surface area (Å²) in [5, 5.41) is 0. The first-order valence-corrected chi connectivity index (χ1v) is 31.4. The van der Waals surface area contributed by atoms with Crippen molar-refractivity contribution < 1.29 is 28.6 Å². The molecule has 0 aliphatic carbocycles. The van der Waals surface area contributed by atoms with Gasteiger partial charge in [-0.1, -0.05) is 254 Å². The molecule has 80 heavy (non-hydrogen) atoms. The number of hydrogen-bond donors (Lipinski definition) is 0. The van der Waals surface area contributed by atoms with Crippen molar-refractivity contribution in [3.05, 3.63) is 194 Å². The Kier molecular flexibility index (Phi) is 61.0. The first-order valence-electron chi connectivity index (χ1n) is 31.4. The van der Waals surface area contributed by atoms with Crippen molar-refractivity contribution in [2.24, 2.45) is 0 Å². The minimum Gasteiger partial charge on any atom is -0.462 e. The average Bonchev–Trinajstić information content (AvgIpc) is 3.46. The molecule has 0 bridgehead atoms. The molecule has 444 valence electrons. The van der Waals surface area contributed by atoms with Crippen LogP contribution in [0.15, 0.2) is 194 Å². The van der Waals surface area contributed by atoms with Crippen molar-refractivity contribution in [3.63, 3.8) is 0 Å². The zero-order chi connectivity index (χ0) is 57.8. The Morgan fingerprint density at radius 2 is 0.500 bits per heavy atom. The van der Waals surface area contributed by atoms with Crippen LogP contribution in [0, 0.1) is 0 Å². The van der Waals surface area contributed by atoms with Crippen molar-refractivity contribution in [2.45, 2.75) is 239 Å². The van der Waals surface area contributed by atoms with Crippen LogP contribution in [-0.2, 0) is 28.6 Å². The van der Waals surface area contributed by atoms with E-state index in [0.29, 0.717) is 19.3 Å². The molecule has 0 radical (unpaired) electrons. The number of carbonyl (C=O) groups excluding carboxylic acids is 3. The van der Waals surface area contributed by atoms with Crippen molar-refractivity contribution in [1.29, 1.82) is 0 Å². The molecule has 1 unspecified atom stereocenters. The van der Waals surface area contributed by atoms with Crippen LogP contribution in [0.3, 0.4) is 0 Å². The highest BCUT2D eigenvalue weighted by Gasteiger charge is 2.19. The highest BCUT2D eigenvalue weighted by molar-refractivity contribution is 5.71. The van der Waals surface area contributed by atoms with Gasteiger partial charge < -0.3 is 14.2 Å². The van der Waals surface area contributed by atoms with E-state index in [9.17, 15) is 14.4 Å². The van der Waals surface area contributed by atoms with Crippen LogP contribution in [-0.4, -0.2) is 37.2 Å². The fourth-order valence-corrected chi connectivity index (χ4v) is 7.68. The summed E-state index contributed by atoms with van der Waals surface area (Å²) in [6, 6.07) is 0. The molecule has 0 aromatic rings. The standard InChI is InChI=1S/C74H112O6/c1-4-7-10-13-16-19-22-24-26-28-30-32-34-35-36-37-38-39-41-42-44-46-48-50-52-55-58-61-64-67-73(76)79-70-71(69-78-72(75)66-63-60-57-54-21-18-15-12-9-6-3)80-74(77)68-65-62-59-56-53-51-49-47-45-43-40-33-31-29-27-25-23-20-17-14-11-8-5-2/h7-8,10-12,15-17,19-20,24-27,30-33,35-36,38-39,42-45,48-51,56,59,71H,4-6,9,13-14,18,21-23,28-29,34,37,40-41,46-47,52-55,57-58,60-70H2,1-3H3/b10-7-,11-8-,15-12-,19-16-,20-17-,26-24-,27-25-,32-30-,33-31-,36-35-,39-38-,44-42-,45-43-,50-48-,51-49-,59-56-. The average molecular weight is 1100 g/mol. The Hall–Kier alpha value is -5.75. The topological polar surface area (TPSA) is 78.9 Å². The van der Waals surface area contributed by atoms with Crippen molar-refractivity contribution >= 4 is 17.9 Å². The molecule has 0 saturated heterocycles. The molecule has 0 aromatic heterocycles. The molecule has 0 fully saturated rings. The zero-order valence-corrected chi connectivity index (χ0v) is 50.8. The predicted molar refractivity (Wildman–Crippen MR) is 347 cm³/mol. The lowest BCUT2D eigenvalue weighted by Gasteiger charge is -2.18. The van der Waals surface area contributed by atoms with Gasteiger partial charge >= 0.3 is 17.9 Å². The largest absolute Gasteiger partial charge is 0.462 e. The normalized spacial score (nSPS) is 13.5. The number of hydrogen-bond acceptors (Lipinski definition) is 6. The first kappa shape index (κ1) is 74.2. The second-order valence-corrected chi connectivity index (χ2v) is 19.8. The lowest BCUT2D eigenvalue weighted by molar-refractivity contribution is -0.167. The third-order valence-electron chi connectivity index (χ3n) is 12.3. The van der Waals surface area contributed by atoms with Crippen molar-refractivity contribution in [1.82, 2.24) is 0 Å². The third kappa shape index (κ3) is 63.1. The van der Waals surface area contributed by atoms with Gasteiger partial charge in [-0.15, -0.1) is 0 Å². The Balaban J connectivity index is 4.47. The van der Waals surface area contributed by atoms with Gasteiger partial charge in [0, 0.05) is 19.3 Å². The number of rotatable bonds is 54. The van der Waals surface area contributed by atoms with E-state index in [0.717, 1.165) is 173 Å². The van der Waals surface area contributed by atoms with E-state index in [1.165, 1.54) is 12.8 Å². The summed E-state index contributed by atoms with van der Waals surface area (Å²) < 4.78 is 16.8. The summed E-state index contributed by atoms with van der Waals surface area (Å²) in [6.07, 6.45) is 100. The minimum absolute atomic E-state index is 0.124. The number of esters is 3. The van der Waals surface area contributed by atoms with Crippen LogP contribution in [0.5, 0.6) is 0 Å². The molecule has 0 aliphatic rings. The molecule has 0 heterocycles. The quantitative estimate of drug-likeness (QED) is 0.0261. The first-order chi connectivity index (χ1) is 39.5. The molecular weight excluding hydrogens is 985 g/mol. The number of unbranched alkanes of at least 4 members (excludes halogenated alkanes) is 11. The second-order valence-electron chi connectivity index (χ2n) is 19.8. The van der Waals surface area contributed by atoms with Gasteiger partial charge in [-0.2, -0.15) is 0 Å². The lowest BCUT2D eigenvalue weighted by Crippen LogP contribution is -2.30. The maximum Gasteiger partial charge on any atom is 0.306 e. The summed E-state index contributed by atoms with van der Waals surface area (Å²) in [6.45, 7) is 6.25. The molecule has 0 N–H and O–H groups in total. The van der Waals surface area contributed by atoms with Gasteiger partial charge in [0.2, 0.25) is 0 Å². The van der Waals surface area contributed by atoms with Crippen LogP contribution in [0.2, 0.25) is 0 Å². The van der Waals surface area contributed by atoms with E-state index in [-0.39, 0.29) is 37.5 Å². The van der Waals surface area contributed by atoms with Crippen LogP contribution < -0.4 is 0 Å². The summed E-state index contributed by atoms with van der Waals surface area (Å²) in [5.41, 5.74) is 0. The molecule has 0 spiro atoms. The summed E-state index contributed by atoms with van der Waals surface area (Å²) in [7, 11) is 0. The number of ether oxygens (including phenoxy) is 3. The van der Waals surface area contributed by atoms with E-state index in [4.69, 9.17) is 14.2 Å². The van der Waals surface area contributed by atoms with Gasteiger partial charge in [-0.05, 0) is 154 Å². The Labute approximate surface area is 490 Å². The fourth-order valence-electron chi connectivity index (χ4n) is 7.68.